The number of anilines is 1. The number of pyridine rings is 1. The number of thioether (sulfide) groups is 1. The quantitative estimate of drug-likeness (QED) is 0.505. The molecule has 0 unspecified atom stereocenters. The van der Waals surface area contributed by atoms with Crippen LogP contribution < -0.4 is 10.1 Å². The normalized spacial score (nSPS) is 12.6. The lowest BCUT2D eigenvalue weighted by molar-refractivity contribution is -0.115. The molecule has 1 aliphatic rings. The average molecular weight is 451 g/mol. The number of fused-ring (bicyclic) bond motifs is 1. The third-order valence-corrected chi connectivity index (χ3v) is 6.82. The average Bonchev–Trinajstić information content (AvgIpc) is 3.27. The summed E-state index contributed by atoms with van der Waals surface area (Å²) in [6.45, 7) is 0. The summed E-state index contributed by atoms with van der Waals surface area (Å²) in [4.78, 5) is 21.6. The smallest absolute Gasteiger partial charge is 0.226 e. The van der Waals surface area contributed by atoms with Crippen LogP contribution in [0.2, 0.25) is 0 Å². The number of rotatable bonds is 7. The van der Waals surface area contributed by atoms with Gasteiger partial charge in [0.1, 0.15) is 16.8 Å². The Kier molecular flexibility index (Phi) is 6.85. The standard InChI is InChI=1S/C23H22N4O2S2/c1-29-18-7-4-6-16(12-18)20-14-31-23(26-20)27-21(28)9-10-30-22-17(13-24)11-15-5-2-3-8-19(15)25-22/h4,6-7,11-12,14H,2-3,5,8-10H2,1H3,(H,26,27,28). The Morgan fingerprint density at radius 2 is 2.16 bits per heavy atom. The maximum Gasteiger partial charge on any atom is 0.226 e. The molecule has 0 atom stereocenters. The number of ether oxygens (including phenoxy) is 1. The number of nitrogens with one attached hydrogen (secondary N) is 1. The Balaban J connectivity index is 1.33. The molecule has 0 saturated heterocycles. The summed E-state index contributed by atoms with van der Waals surface area (Å²) in [7, 11) is 1.63. The number of nitrogens with zero attached hydrogens (tertiary/aromatic N) is 3. The van der Waals surface area contributed by atoms with E-state index in [1.165, 1.54) is 28.7 Å². The van der Waals surface area contributed by atoms with Crippen molar-refractivity contribution in [1.82, 2.24) is 9.97 Å². The number of carbonyl (C=O) groups is 1. The van der Waals surface area contributed by atoms with Gasteiger partial charge in [-0.15, -0.1) is 23.1 Å². The van der Waals surface area contributed by atoms with Gasteiger partial charge in [-0.25, -0.2) is 9.97 Å². The van der Waals surface area contributed by atoms with E-state index in [0.717, 1.165) is 53.4 Å². The first-order valence-electron chi connectivity index (χ1n) is 10.1. The van der Waals surface area contributed by atoms with Crippen molar-refractivity contribution < 1.29 is 9.53 Å². The Morgan fingerprint density at radius 3 is 3.00 bits per heavy atom. The summed E-state index contributed by atoms with van der Waals surface area (Å²) in [5.74, 6) is 1.22. The number of nitriles is 1. The predicted octanol–water partition coefficient (Wildman–Crippen LogP) is 5.09. The maximum absolute atomic E-state index is 12.4. The van der Waals surface area contributed by atoms with Gasteiger partial charge in [0.2, 0.25) is 5.91 Å². The fraction of sp³-hybridized carbons (Fsp3) is 0.304. The Morgan fingerprint density at radius 1 is 1.29 bits per heavy atom. The van der Waals surface area contributed by atoms with Gasteiger partial charge in [0.15, 0.2) is 5.13 Å². The lowest BCUT2D eigenvalue weighted by atomic mass is 9.95. The van der Waals surface area contributed by atoms with E-state index >= 15 is 0 Å². The van der Waals surface area contributed by atoms with Gasteiger partial charge in [-0.05, 0) is 49.4 Å². The molecule has 0 fully saturated rings. The molecular formula is C23H22N4O2S2. The molecule has 158 valence electrons. The number of hydrogen-bond donors (Lipinski definition) is 1. The van der Waals surface area contributed by atoms with E-state index in [4.69, 9.17) is 9.72 Å². The highest BCUT2D eigenvalue weighted by atomic mass is 32.2. The Bertz CT molecular complexity index is 1140. The fourth-order valence-electron chi connectivity index (χ4n) is 3.47. The van der Waals surface area contributed by atoms with Gasteiger partial charge in [0.25, 0.3) is 0 Å². The van der Waals surface area contributed by atoms with Crippen LogP contribution in [0.4, 0.5) is 5.13 Å². The third-order valence-electron chi connectivity index (χ3n) is 5.07. The van der Waals surface area contributed by atoms with E-state index in [1.54, 1.807) is 7.11 Å². The van der Waals surface area contributed by atoms with Crippen LogP contribution in [-0.4, -0.2) is 28.7 Å². The van der Waals surface area contributed by atoms with Crippen molar-refractivity contribution in [2.24, 2.45) is 0 Å². The van der Waals surface area contributed by atoms with Gasteiger partial charge in [0, 0.05) is 28.8 Å². The number of thiazole rings is 1. The molecule has 3 aromatic rings. The zero-order chi connectivity index (χ0) is 21.6. The van der Waals surface area contributed by atoms with Crippen LogP contribution in [0.1, 0.15) is 36.1 Å². The van der Waals surface area contributed by atoms with Crippen LogP contribution in [0.5, 0.6) is 5.75 Å². The number of hydrogen-bond acceptors (Lipinski definition) is 7. The number of aromatic nitrogens is 2. The van der Waals surface area contributed by atoms with E-state index in [9.17, 15) is 10.1 Å². The van der Waals surface area contributed by atoms with Gasteiger partial charge in [-0.3, -0.25) is 4.79 Å². The van der Waals surface area contributed by atoms with Crippen LogP contribution in [-0.2, 0) is 17.6 Å². The van der Waals surface area contributed by atoms with Crippen molar-refractivity contribution in [3.05, 3.63) is 52.5 Å². The zero-order valence-electron chi connectivity index (χ0n) is 17.2. The summed E-state index contributed by atoms with van der Waals surface area (Å²) >= 11 is 2.86. The third kappa shape index (κ3) is 5.24. The summed E-state index contributed by atoms with van der Waals surface area (Å²) in [5, 5.41) is 15.5. The van der Waals surface area contributed by atoms with E-state index < -0.39 is 0 Å². The molecule has 1 aliphatic carbocycles. The fourth-order valence-corrected chi connectivity index (χ4v) is 5.12. The Labute approximate surface area is 189 Å². The van der Waals surface area contributed by atoms with Crippen LogP contribution >= 0.6 is 23.1 Å². The topological polar surface area (TPSA) is 87.9 Å². The molecule has 0 aliphatic heterocycles. The van der Waals surface area contributed by atoms with Crippen molar-refractivity contribution in [1.29, 1.82) is 5.26 Å². The van der Waals surface area contributed by atoms with Gasteiger partial charge in [-0.1, -0.05) is 12.1 Å². The first-order valence-corrected chi connectivity index (χ1v) is 12.0. The molecule has 4 rings (SSSR count). The van der Waals surface area contributed by atoms with Gasteiger partial charge in [0.05, 0.1) is 18.4 Å². The van der Waals surface area contributed by atoms with Crippen LogP contribution in [0, 0.1) is 11.3 Å². The predicted molar refractivity (Wildman–Crippen MR) is 124 cm³/mol. The molecule has 31 heavy (non-hydrogen) atoms. The van der Waals surface area contributed by atoms with Crippen LogP contribution in [0.3, 0.4) is 0 Å². The molecule has 1 amide bonds. The molecule has 2 heterocycles. The number of aryl methyl sites for hydroxylation is 2. The van der Waals surface area contributed by atoms with Gasteiger partial charge in [-0.2, -0.15) is 5.26 Å². The largest absolute Gasteiger partial charge is 0.497 e. The second-order valence-corrected chi connectivity index (χ2v) is 9.12. The first-order chi connectivity index (χ1) is 15.2. The maximum atomic E-state index is 12.4. The summed E-state index contributed by atoms with van der Waals surface area (Å²) in [6.07, 6.45) is 4.58. The molecule has 1 aromatic carbocycles. The molecular weight excluding hydrogens is 428 g/mol. The molecule has 0 saturated carbocycles. The number of methoxy groups -OCH3 is 1. The van der Waals surface area contributed by atoms with E-state index in [-0.39, 0.29) is 5.91 Å². The van der Waals surface area contributed by atoms with Crippen LogP contribution in [0.25, 0.3) is 11.3 Å². The SMILES string of the molecule is COc1cccc(-c2csc(NC(=O)CCSc3nc4c(cc3C#N)CCCC4)n2)c1. The minimum absolute atomic E-state index is 0.101. The molecule has 1 N–H and O–H groups in total. The van der Waals surface area contributed by atoms with E-state index in [0.29, 0.717) is 22.9 Å². The summed E-state index contributed by atoms with van der Waals surface area (Å²) in [5.41, 5.74) is 4.64. The summed E-state index contributed by atoms with van der Waals surface area (Å²) < 4.78 is 5.25. The first kappa shape index (κ1) is 21.3. The van der Waals surface area contributed by atoms with E-state index in [2.05, 4.69) is 16.4 Å². The molecule has 0 spiro atoms. The van der Waals surface area contributed by atoms with Gasteiger partial charge >= 0.3 is 0 Å². The highest BCUT2D eigenvalue weighted by molar-refractivity contribution is 7.99. The molecule has 6 nitrogen and oxygen atoms in total. The number of amides is 1. The minimum atomic E-state index is -0.101. The van der Waals surface area contributed by atoms with Crippen molar-refractivity contribution in [3.63, 3.8) is 0 Å². The number of carbonyl (C=O) groups excluding carboxylic acids is 1. The molecule has 0 radical (unpaired) electrons. The van der Waals surface area contributed by atoms with Gasteiger partial charge < -0.3 is 10.1 Å². The lowest BCUT2D eigenvalue weighted by Gasteiger charge is -2.16. The summed E-state index contributed by atoms with van der Waals surface area (Å²) in [6, 6.07) is 11.9. The second-order valence-electron chi connectivity index (χ2n) is 7.18. The zero-order valence-corrected chi connectivity index (χ0v) is 18.8. The molecule has 0 bridgehead atoms. The second kappa shape index (κ2) is 9.94. The van der Waals surface area contributed by atoms with Crippen molar-refractivity contribution in [3.8, 4) is 23.1 Å². The number of benzene rings is 1. The van der Waals surface area contributed by atoms with Crippen molar-refractivity contribution in [2.45, 2.75) is 37.1 Å². The van der Waals surface area contributed by atoms with Crippen LogP contribution in [0.15, 0.2) is 40.7 Å². The molecule has 8 heteroatoms. The monoisotopic (exact) mass is 450 g/mol. The van der Waals surface area contributed by atoms with Crippen molar-refractivity contribution in [2.75, 3.05) is 18.2 Å². The minimum Gasteiger partial charge on any atom is -0.497 e. The Hall–Kier alpha value is -2.89. The molecule has 2 aromatic heterocycles. The lowest BCUT2D eigenvalue weighted by Crippen LogP contribution is -2.12. The highest BCUT2D eigenvalue weighted by Gasteiger charge is 2.16. The van der Waals surface area contributed by atoms with E-state index in [1.807, 2.05) is 35.7 Å². The van der Waals surface area contributed by atoms with Crippen molar-refractivity contribution >= 4 is 34.1 Å². The highest BCUT2D eigenvalue weighted by Crippen LogP contribution is 2.29.